The lowest BCUT2D eigenvalue weighted by molar-refractivity contribution is 0.929. The van der Waals surface area contributed by atoms with Gasteiger partial charge in [-0.15, -0.1) is 0 Å². The number of hydrogen-bond acceptors (Lipinski definition) is 1. The van der Waals surface area contributed by atoms with Crippen molar-refractivity contribution in [3.63, 3.8) is 0 Å². The molecule has 3 aromatic carbocycles. The molecule has 0 atom stereocenters. The van der Waals surface area contributed by atoms with Gasteiger partial charge in [0.2, 0.25) is 0 Å². The number of nitrogens with zero attached hydrogens (tertiary/aromatic N) is 1. The van der Waals surface area contributed by atoms with E-state index in [1.807, 2.05) is 30.3 Å². The van der Waals surface area contributed by atoms with Gasteiger partial charge < -0.3 is 0 Å². The number of benzene rings is 3. The monoisotopic (exact) mass is 319 g/mol. The quantitative estimate of drug-likeness (QED) is 0.587. The number of rotatable bonds is 2. The molecule has 0 N–H and O–H groups in total. The van der Waals surface area contributed by atoms with Gasteiger partial charge in [-0.1, -0.05) is 66.4 Å². The van der Waals surface area contributed by atoms with Gasteiger partial charge in [0.1, 0.15) is 0 Å². The van der Waals surface area contributed by atoms with Crippen molar-refractivity contribution in [2.75, 3.05) is 0 Å². The van der Waals surface area contributed by atoms with Gasteiger partial charge in [-0.3, -0.25) is 0 Å². The topological polar surface area (TPSA) is 23.8 Å². The van der Waals surface area contributed by atoms with E-state index < -0.39 is 0 Å². The fraction of sp³-hybridized carbons (Fsp3) is 0.125. The Bertz CT molecular complexity index is 974. The van der Waals surface area contributed by atoms with Crippen LogP contribution in [0.5, 0.6) is 0 Å². The molecule has 1 fully saturated rings. The first kappa shape index (κ1) is 15.3. The minimum absolute atomic E-state index is 0.0217. The fourth-order valence-electron chi connectivity index (χ4n) is 3.04. The van der Waals surface area contributed by atoms with Crippen LogP contribution in [0.4, 0.5) is 0 Å². The molecule has 4 rings (SSSR count). The lowest BCUT2D eigenvalue weighted by atomic mass is 9.95. The summed E-state index contributed by atoms with van der Waals surface area (Å²) in [6.07, 6.45) is 2.18. The maximum Gasteiger partial charge on any atom is 0.0991 e. The highest BCUT2D eigenvalue weighted by Crippen LogP contribution is 2.47. The molecule has 0 unspecified atom stereocenters. The average Bonchev–Trinajstić information content (AvgIpc) is 3.49. The van der Waals surface area contributed by atoms with E-state index in [4.69, 9.17) is 5.26 Å². The van der Waals surface area contributed by atoms with Gasteiger partial charge >= 0.3 is 0 Å². The Morgan fingerprint density at radius 1 is 0.680 bits per heavy atom. The highest BCUT2D eigenvalue weighted by atomic mass is 14.4. The van der Waals surface area contributed by atoms with Crippen molar-refractivity contribution in [2.45, 2.75) is 18.3 Å². The fourth-order valence-corrected chi connectivity index (χ4v) is 3.04. The third-order valence-corrected chi connectivity index (χ3v) is 4.75. The Morgan fingerprint density at radius 2 is 1.28 bits per heavy atom. The molecule has 1 aliphatic carbocycles. The Balaban J connectivity index is 1.56. The van der Waals surface area contributed by atoms with Crippen molar-refractivity contribution in [1.29, 1.82) is 5.26 Å². The second kappa shape index (κ2) is 6.31. The molecule has 0 aliphatic heterocycles. The van der Waals surface area contributed by atoms with Crippen LogP contribution in [0.15, 0.2) is 78.9 Å². The highest BCUT2D eigenvalue weighted by Gasteiger charge is 2.42. The van der Waals surface area contributed by atoms with Crippen molar-refractivity contribution in [3.8, 4) is 29.0 Å². The van der Waals surface area contributed by atoms with Gasteiger partial charge in [0.25, 0.3) is 0 Å². The predicted molar refractivity (Wildman–Crippen MR) is 101 cm³/mol. The van der Waals surface area contributed by atoms with E-state index in [2.05, 4.69) is 66.4 Å². The molecule has 1 heteroatoms. The summed E-state index contributed by atoms with van der Waals surface area (Å²) in [6, 6.07) is 28.8. The second-order valence-corrected chi connectivity index (χ2v) is 6.46. The first-order chi connectivity index (χ1) is 12.3. The molecule has 0 amide bonds. The zero-order valence-corrected chi connectivity index (χ0v) is 13.9. The lowest BCUT2D eigenvalue weighted by Gasteiger charge is -2.07. The molecule has 3 aromatic rings. The summed E-state index contributed by atoms with van der Waals surface area (Å²) in [4.78, 5) is 0. The third-order valence-electron chi connectivity index (χ3n) is 4.75. The molecule has 0 spiro atoms. The lowest BCUT2D eigenvalue weighted by Crippen LogP contribution is -2.02. The van der Waals surface area contributed by atoms with Crippen molar-refractivity contribution >= 4 is 0 Å². The van der Waals surface area contributed by atoms with Crippen LogP contribution in [-0.4, -0.2) is 0 Å². The molecule has 1 nitrogen and oxygen atoms in total. The normalized spacial score (nSPS) is 14.0. The van der Waals surface area contributed by atoms with Crippen LogP contribution < -0.4 is 0 Å². The predicted octanol–water partition coefficient (Wildman–Crippen LogP) is 5.31. The van der Waals surface area contributed by atoms with Gasteiger partial charge in [0.15, 0.2) is 0 Å². The SMILES string of the molecule is N#Cc1ccc(C2(C#Cc3ccc(-c4ccccc4)cc3)CC2)cc1. The first-order valence-corrected chi connectivity index (χ1v) is 8.48. The largest absolute Gasteiger partial charge is 0.192 e. The van der Waals surface area contributed by atoms with Gasteiger partial charge in [-0.05, 0) is 53.8 Å². The van der Waals surface area contributed by atoms with E-state index in [0.717, 1.165) is 18.4 Å². The Kier molecular flexibility index (Phi) is 3.85. The Morgan fingerprint density at radius 3 is 1.88 bits per heavy atom. The van der Waals surface area contributed by atoms with Crippen molar-refractivity contribution in [2.24, 2.45) is 0 Å². The Hall–Kier alpha value is -3.29. The smallest absolute Gasteiger partial charge is 0.0991 e. The summed E-state index contributed by atoms with van der Waals surface area (Å²) in [6.45, 7) is 0. The van der Waals surface area contributed by atoms with Crippen molar-refractivity contribution < 1.29 is 0 Å². The van der Waals surface area contributed by atoms with Crippen molar-refractivity contribution in [1.82, 2.24) is 0 Å². The maximum absolute atomic E-state index is 8.93. The van der Waals surface area contributed by atoms with Gasteiger partial charge in [-0.25, -0.2) is 0 Å². The standard InChI is InChI=1S/C24H17N/c25-18-20-8-12-23(13-9-20)24(16-17-24)15-14-19-6-10-22(11-7-19)21-4-2-1-3-5-21/h1-13H,16-17H2. The second-order valence-electron chi connectivity index (χ2n) is 6.46. The van der Waals surface area contributed by atoms with Crippen molar-refractivity contribution in [3.05, 3.63) is 95.6 Å². The van der Waals surface area contributed by atoms with E-state index in [0.29, 0.717) is 5.56 Å². The minimum atomic E-state index is -0.0217. The summed E-state index contributed by atoms with van der Waals surface area (Å²) < 4.78 is 0. The van der Waals surface area contributed by atoms with E-state index in [-0.39, 0.29) is 5.41 Å². The third kappa shape index (κ3) is 3.18. The van der Waals surface area contributed by atoms with Crippen LogP contribution in [-0.2, 0) is 5.41 Å². The molecule has 1 saturated carbocycles. The molecule has 0 radical (unpaired) electrons. The minimum Gasteiger partial charge on any atom is -0.192 e. The van der Waals surface area contributed by atoms with Crippen LogP contribution in [0.25, 0.3) is 11.1 Å². The molecular weight excluding hydrogens is 302 g/mol. The molecule has 0 heterocycles. The molecule has 0 saturated heterocycles. The molecular formula is C24H17N. The van der Waals surface area contributed by atoms with E-state index >= 15 is 0 Å². The van der Waals surface area contributed by atoms with Crippen LogP contribution in [0.2, 0.25) is 0 Å². The van der Waals surface area contributed by atoms with Crippen LogP contribution in [0, 0.1) is 23.2 Å². The van der Waals surface area contributed by atoms with Gasteiger partial charge in [-0.2, -0.15) is 5.26 Å². The maximum atomic E-state index is 8.93. The highest BCUT2D eigenvalue weighted by molar-refractivity contribution is 5.64. The summed E-state index contributed by atoms with van der Waals surface area (Å²) in [5.41, 5.74) is 5.37. The van der Waals surface area contributed by atoms with Crippen LogP contribution >= 0.6 is 0 Å². The van der Waals surface area contributed by atoms with E-state index in [1.165, 1.54) is 16.7 Å². The van der Waals surface area contributed by atoms with E-state index in [1.54, 1.807) is 0 Å². The molecule has 25 heavy (non-hydrogen) atoms. The molecule has 118 valence electrons. The Labute approximate surface area is 148 Å². The summed E-state index contributed by atoms with van der Waals surface area (Å²) in [5.74, 6) is 6.80. The summed E-state index contributed by atoms with van der Waals surface area (Å²) in [5, 5.41) is 8.93. The van der Waals surface area contributed by atoms with E-state index in [9.17, 15) is 0 Å². The summed E-state index contributed by atoms with van der Waals surface area (Å²) >= 11 is 0. The average molecular weight is 319 g/mol. The zero-order valence-electron chi connectivity index (χ0n) is 13.9. The number of hydrogen-bond donors (Lipinski definition) is 0. The molecule has 0 bridgehead atoms. The first-order valence-electron chi connectivity index (χ1n) is 8.48. The number of nitriles is 1. The van der Waals surface area contributed by atoms with Gasteiger partial charge in [0.05, 0.1) is 17.0 Å². The summed E-state index contributed by atoms with van der Waals surface area (Å²) in [7, 11) is 0. The molecule has 1 aliphatic rings. The van der Waals surface area contributed by atoms with Crippen LogP contribution in [0.1, 0.15) is 29.5 Å². The molecule has 0 aromatic heterocycles. The van der Waals surface area contributed by atoms with Crippen LogP contribution in [0.3, 0.4) is 0 Å². The zero-order chi connectivity index (χ0) is 17.1. The van der Waals surface area contributed by atoms with Gasteiger partial charge in [0, 0.05) is 5.56 Å².